The zero-order valence-electron chi connectivity index (χ0n) is 15.1. The molecular formula is C18H27N3O3. The molecule has 1 atom stereocenters. The van der Waals surface area contributed by atoms with Crippen molar-refractivity contribution in [3.63, 3.8) is 0 Å². The highest BCUT2D eigenvalue weighted by atomic mass is 16.3. The van der Waals surface area contributed by atoms with Crippen LogP contribution in [0.2, 0.25) is 0 Å². The lowest BCUT2D eigenvalue weighted by Crippen LogP contribution is -2.36. The van der Waals surface area contributed by atoms with Crippen LogP contribution in [0, 0.1) is 12.3 Å². The second kappa shape index (κ2) is 6.43. The Balaban J connectivity index is 2.09. The fourth-order valence-electron chi connectivity index (χ4n) is 2.47. The number of amides is 3. The van der Waals surface area contributed by atoms with Gasteiger partial charge >= 0.3 is 6.03 Å². The molecule has 1 aliphatic heterocycles. The van der Waals surface area contributed by atoms with E-state index in [1.807, 2.05) is 39.8 Å². The number of carbonyl (C=O) groups excluding carboxylic acids is 2. The third-order valence-electron chi connectivity index (χ3n) is 4.16. The van der Waals surface area contributed by atoms with Gasteiger partial charge in [0.15, 0.2) is 0 Å². The maximum absolute atomic E-state index is 12.4. The molecule has 0 radical (unpaired) electrons. The van der Waals surface area contributed by atoms with Gasteiger partial charge in [0.25, 0.3) is 0 Å². The number of carbonyl (C=O) groups is 2. The Morgan fingerprint density at radius 3 is 2.46 bits per heavy atom. The van der Waals surface area contributed by atoms with E-state index >= 15 is 0 Å². The molecule has 0 spiro atoms. The summed E-state index contributed by atoms with van der Waals surface area (Å²) in [7, 11) is 0. The SMILES string of the molecule is Cc1ccc(NC(=O)C(C)(C)C)cc1NC(=O)N1CC[C@@](C)(O)C1. The van der Waals surface area contributed by atoms with E-state index in [9.17, 15) is 14.7 Å². The molecule has 1 aromatic rings. The molecule has 0 unspecified atom stereocenters. The summed E-state index contributed by atoms with van der Waals surface area (Å²) in [5.74, 6) is -0.0841. The maximum atomic E-state index is 12.4. The molecule has 3 amide bonds. The van der Waals surface area contributed by atoms with Crippen LogP contribution in [-0.2, 0) is 4.79 Å². The highest BCUT2D eigenvalue weighted by Gasteiger charge is 2.34. The molecule has 2 rings (SSSR count). The first-order valence-electron chi connectivity index (χ1n) is 8.18. The molecule has 6 heteroatoms. The van der Waals surface area contributed by atoms with Crippen molar-refractivity contribution in [2.75, 3.05) is 23.7 Å². The number of urea groups is 1. The van der Waals surface area contributed by atoms with Crippen molar-refractivity contribution < 1.29 is 14.7 Å². The first-order chi connectivity index (χ1) is 11.0. The van der Waals surface area contributed by atoms with E-state index in [0.29, 0.717) is 30.9 Å². The highest BCUT2D eigenvalue weighted by molar-refractivity contribution is 5.96. The summed E-state index contributed by atoms with van der Waals surface area (Å²) >= 11 is 0. The number of aryl methyl sites for hydroxylation is 1. The van der Waals surface area contributed by atoms with Gasteiger partial charge in [-0.05, 0) is 38.0 Å². The molecule has 1 fully saturated rings. The highest BCUT2D eigenvalue weighted by Crippen LogP contribution is 2.25. The van der Waals surface area contributed by atoms with Crippen molar-refractivity contribution >= 4 is 23.3 Å². The molecule has 1 heterocycles. The average molecular weight is 333 g/mol. The number of hydrogen-bond donors (Lipinski definition) is 3. The third kappa shape index (κ3) is 4.47. The van der Waals surface area contributed by atoms with Crippen molar-refractivity contribution in [1.82, 2.24) is 4.90 Å². The van der Waals surface area contributed by atoms with Crippen LogP contribution < -0.4 is 10.6 Å². The van der Waals surface area contributed by atoms with E-state index in [2.05, 4.69) is 10.6 Å². The van der Waals surface area contributed by atoms with Crippen LogP contribution in [0.3, 0.4) is 0 Å². The van der Waals surface area contributed by atoms with E-state index in [4.69, 9.17) is 0 Å². The van der Waals surface area contributed by atoms with Crippen LogP contribution in [-0.4, -0.2) is 40.6 Å². The molecule has 24 heavy (non-hydrogen) atoms. The van der Waals surface area contributed by atoms with Gasteiger partial charge in [-0.3, -0.25) is 4.79 Å². The van der Waals surface area contributed by atoms with Gasteiger partial charge in [0.1, 0.15) is 0 Å². The molecule has 0 aliphatic carbocycles. The Kier molecular flexibility index (Phi) is 4.90. The fourth-order valence-corrected chi connectivity index (χ4v) is 2.47. The zero-order chi connectivity index (χ0) is 18.1. The van der Waals surface area contributed by atoms with Crippen molar-refractivity contribution in [2.45, 2.75) is 46.6 Å². The monoisotopic (exact) mass is 333 g/mol. The van der Waals surface area contributed by atoms with Gasteiger partial charge in [-0.15, -0.1) is 0 Å². The van der Waals surface area contributed by atoms with E-state index < -0.39 is 11.0 Å². The summed E-state index contributed by atoms with van der Waals surface area (Å²) in [6.07, 6.45) is 0.571. The normalized spacial score (nSPS) is 20.8. The summed E-state index contributed by atoms with van der Waals surface area (Å²) in [6.45, 7) is 10.0. The zero-order valence-corrected chi connectivity index (χ0v) is 15.1. The Bertz CT molecular complexity index is 647. The van der Waals surface area contributed by atoms with Crippen molar-refractivity contribution in [3.05, 3.63) is 23.8 Å². The summed E-state index contributed by atoms with van der Waals surface area (Å²) in [6, 6.07) is 5.18. The largest absolute Gasteiger partial charge is 0.388 e. The molecule has 0 saturated carbocycles. The maximum Gasteiger partial charge on any atom is 0.321 e. The minimum absolute atomic E-state index is 0.0841. The standard InChI is InChI=1S/C18H27N3O3/c1-12-6-7-13(19-15(22)17(2,3)4)10-14(12)20-16(23)21-9-8-18(5,24)11-21/h6-7,10,24H,8-9,11H2,1-5H3,(H,19,22)(H,20,23)/t18-/m1/s1. The molecule has 1 aliphatic rings. The van der Waals surface area contributed by atoms with Crippen LogP contribution in [0.15, 0.2) is 18.2 Å². The van der Waals surface area contributed by atoms with Gasteiger partial charge in [-0.25, -0.2) is 4.79 Å². The van der Waals surface area contributed by atoms with Gasteiger partial charge in [0, 0.05) is 23.3 Å². The Hall–Kier alpha value is -2.08. The van der Waals surface area contributed by atoms with Gasteiger partial charge in [0.2, 0.25) is 5.91 Å². The second-order valence-corrected chi connectivity index (χ2v) is 7.83. The summed E-state index contributed by atoms with van der Waals surface area (Å²) in [5, 5.41) is 15.7. The number of anilines is 2. The first-order valence-corrected chi connectivity index (χ1v) is 8.18. The first kappa shape index (κ1) is 18.3. The van der Waals surface area contributed by atoms with E-state index in [1.165, 1.54) is 0 Å². The second-order valence-electron chi connectivity index (χ2n) is 7.83. The van der Waals surface area contributed by atoms with Crippen LogP contribution in [0.5, 0.6) is 0 Å². The van der Waals surface area contributed by atoms with Crippen LogP contribution in [0.4, 0.5) is 16.2 Å². The van der Waals surface area contributed by atoms with Gasteiger partial charge in [0.05, 0.1) is 12.1 Å². The molecule has 3 N–H and O–H groups in total. The molecule has 6 nitrogen and oxygen atoms in total. The number of rotatable bonds is 2. The predicted molar refractivity (Wildman–Crippen MR) is 95.1 cm³/mol. The van der Waals surface area contributed by atoms with Gasteiger partial charge < -0.3 is 20.6 Å². The number of nitrogens with zero attached hydrogens (tertiary/aromatic N) is 1. The molecule has 0 bridgehead atoms. The Labute approximate surface area is 143 Å². The molecule has 0 aromatic heterocycles. The topological polar surface area (TPSA) is 81.7 Å². The minimum Gasteiger partial charge on any atom is -0.388 e. The lowest BCUT2D eigenvalue weighted by molar-refractivity contribution is -0.123. The lowest BCUT2D eigenvalue weighted by atomic mass is 9.95. The number of β-amino-alcohol motifs (C(OH)–C–C–N with tert-alkyl or cyclic N) is 1. The molecule has 132 valence electrons. The van der Waals surface area contributed by atoms with Gasteiger partial charge in [-0.1, -0.05) is 26.8 Å². The lowest BCUT2D eigenvalue weighted by Gasteiger charge is -2.21. The van der Waals surface area contributed by atoms with Crippen molar-refractivity contribution in [1.29, 1.82) is 0 Å². The summed E-state index contributed by atoms with van der Waals surface area (Å²) < 4.78 is 0. The third-order valence-corrected chi connectivity index (χ3v) is 4.16. The van der Waals surface area contributed by atoms with Crippen LogP contribution in [0.1, 0.15) is 39.7 Å². The van der Waals surface area contributed by atoms with Crippen LogP contribution >= 0.6 is 0 Å². The molecule has 1 aromatic carbocycles. The summed E-state index contributed by atoms with van der Waals surface area (Å²) in [5.41, 5.74) is 0.884. The van der Waals surface area contributed by atoms with Gasteiger partial charge in [-0.2, -0.15) is 0 Å². The number of aliphatic hydroxyl groups is 1. The summed E-state index contributed by atoms with van der Waals surface area (Å²) in [4.78, 5) is 26.1. The molecular weight excluding hydrogens is 306 g/mol. The average Bonchev–Trinajstić information content (AvgIpc) is 2.82. The van der Waals surface area contributed by atoms with E-state index in [1.54, 1.807) is 17.9 Å². The minimum atomic E-state index is -0.824. The number of nitrogens with one attached hydrogen (secondary N) is 2. The number of likely N-dealkylation sites (tertiary alicyclic amines) is 1. The molecule has 1 saturated heterocycles. The van der Waals surface area contributed by atoms with Crippen molar-refractivity contribution in [3.8, 4) is 0 Å². The number of benzene rings is 1. The van der Waals surface area contributed by atoms with E-state index in [0.717, 1.165) is 5.56 Å². The predicted octanol–water partition coefficient (Wildman–Crippen LogP) is 2.97. The number of hydrogen-bond acceptors (Lipinski definition) is 3. The van der Waals surface area contributed by atoms with Crippen molar-refractivity contribution in [2.24, 2.45) is 5.41 Å². The Morgan fingerprint density at radius 1 is 1.25 bits per heavy atom. The van der Waals surface area contributed by atoms with E-state index in [-0.39, 0.29) is 11.9 Å². The Morgan fingerprint density at radius 2 is 1.92 bits per heavy atom. The smallest absolute Gasteiger partial charge is 0.321 e. The quantitative estimate of drug-likeness (QED) is 0.778. The van der Waals surface area contributed by atoms with Crippen LogP contribution in [0.25, 0.3) is 0 Å². The fraction of sp³-hybridized carbons (Fsp3) is 0.556.